The van der Waals surface area contributed by atoms with Crippen LogP contribution in [0.4, 0.5) is 0 Å². The Balaban J connectivity index is 2.56. The Bertz CT molecular complexity index is 144. The first-order valence-corrected chi connectivity index (χ1v) is 4.51. The Hall–Kier alpha value is -0.530. The van der Waals surface area contributed by atoms with Crippen molar-refractivity contribution in [3.05, 3.63) is 0 Å². The molecule has 1 fully saturated rings. The second-order valence-corrected chi connectivity index (χ2v) is 3.31. The third-order valence-electron chi connectivity index (χ3n) is 2.59. The maximum absolute atomic E-state index is 11.3. The maximum atomic E-state index is 11.3. The Morgan fingerprint density at radius 1 is 1.55 bits per heavy atom. The normalized spacial score (nSPS) is 26.9. The predicted molar refractivity (Wildman–Crippen MR) is 45.3 cm³/mol. The van der Waals surface area contributed by atoms with E-state index in [4.69, 9.17) is 0 Å². The summed E-state index contributed by atoms with van der Waals surface area (Å²) >= 11 is 0. The molecular formula is C9H17NO. The number of carbonyl (C=O) groups is 1. The van der Waals surface area contributed by atoms with Crippen LogP contribution in [0.1, 0.15) is 39.0 Å². The van der Waals surface area contributed by atoms with Crippen molar-refractivity contribution >= 4 is 5.91 Å². The van der Waals surface area contributed by atoms with Crippen LogP contribution in [0.2, 0.25) is 0 Å². The predicted octanol–water partition coefficient (Wildman–Crippen LogP) is 1.80. The second kappa shape index (κ2) is 3.74. The van der Waals surface area contributed by atoms with E-state index in [-0.39, 0.29) is 0 Å². The zero-order chi connectivity index (χ0) is 8.27. The van der Waals surface area contributed by atoms with Crippen molar-refractivity contribution in [3.8, 4) is 0 Å². The minimum absolute atomic E-state index is 0.328. The minimum Gasteiger partial charge on any atom is -0.343 e. The van der Waals surface area contributed by atoms with Crippen molar-refractivity contribution in [2.45, 2.75) is 45.1 Å². The number of rotatable bonds is 1. The van der Waals surface area contributed by atoms with Crippen LogP contribution in [0.3, 0.4) is 0 Å². The van der Waals surface area contributed by atoms with Gasteiger partial charge in [-0.15, -0.1) is 0 Å². The third-order valence-corrected chi connectivity index (χ3v) is 2.59. The van der Waals surface area contributed by atoms with Crippen LogP contribution in [0.15, 0.2) is 0 Å². The molecule has 1 heterocycles. The molecule has 0 aliphatic carbocycles. The van der Waals surface area contributed by atoms with Crippen LogP contribution >= 0.6 is 0 Å². The molecule has 0 N–H and O–H groups in total. The molecule has 0 radical (unpaired) electrons. The van der Waals surface area contributed by atoms with Gasteiger partial charge in [-0.25, -0.2) is 0 Å². The SMILES string of the molecule is CC[C@@H]1CCCCC(=O)N1C. The molecule has 0 spiro atoms. The fraction of sp³-hybridized carbons (Fsp3) is 0.889. The summed E-state index contributed by atoms with van der Waals surface area (Å²) in [5.74, 6) is 0.328. The molecule has 0 unspecified atom stereocenters. The lowest BCUT2D eigenvalue weighted by molar-refractivity contribution is -0.131. The van der Waals surface area contributed by atoms with Crippen molar-refractivity contribution < 1.29 is 4.79 Å². The molecule has 2 heteroatoms. The van der Waals surface area contributed by atoms with Crippen LogP contribution < -0.4 is 0 Å². The lowest BCUT2D eigenvalue weighted by atomic mass is 10.1. The smallest absolute Gasteiger partial charge is 0.222 e. The van der Waals surface area contributed by atoms with Gasteiger partial charge in [0.15, 0.2) is 0 Å². The van der Waals surface area contributed by atoms with E-state index < -0.39 is 0 Å². The molecule has 0 saturated carbocycles. The van der Waals surface area contributed by atoms with E-state index >= 15 is 0 Å². The van der Waals surface area contributed by atoms with Gasteiger partial charge in [0.2, 0.25) is 5.91 Å². The molecule has 1 amide bonds. The van der Waals surface area contributed by atoms with Gasteiger partial charge in [0.05, 0.1) is 0 Å². The Morgan fingerprint density at radius 3 is 2.91 bits per heavy atom. The summed E-state index contributed by atoms with van der Waals surface area (Å²) in [6.07, 6.45) is 5.35. The molecular weight excluding hydrogens is 138 g/mol. The number of carbonyl (C=O) groups excluding carboxylic acids is 1. The van der Waals surface area contributed by atoms with Crippen molar-refractivity contribution in [1.29, 1.82) is 0 Å². The molecule has 0 aromatic rings. The summed E-state index contributed by atoms with van der Waals surface area (Å²) in [5, 5.41) is 0. The van der Waals surface area contributed by atoms with E-state index in [1.807, 2.05) is 11.9 Å². The number of hydrogen-bond acceptors (Lipinski definition) is 1. The zero-order valence-corrected chi connectivity index (χ0v) is 7.47. The van der Waals surface area contributed by atoms with Crippen molar-refractivity contribution in [2.75, 3.05) is 7.05 Å². The molecule has 0 aromatic carbocycles. The van der Waals surface area contributed by atoms with Gasteiger partial charge in [0.25, 0.3) is 0 Å². The topological polar surface area (TPSA) is 20.3 Å². The van der Waals surface area contributed by atoms with E-state index in [2.05, 4.69) is 6.92 Å². The van der Waals surface area contributed by atoms with Gasteiger partial charge in [-0.1, -0.05) is 13.3 Å². The fourth-order valence-electron chi connectivity index (χ4n) is 1.71. The van der Waals surface area contributed by atoms with Crippen LogP contribution in [-0.2, 0) is 4.79 Å². The maximum Gasteiger partial charge on any atom is 0.222 e. The summed E-state index contributed by atoms with van der Waals surface area (Å²) in [7, 11) is 1.93. The van der Waals surface area contributed by atoms with Crippen LogP contribution in [0, 0.1) is 0 Å². The second-order valence-electron chi connectivity index (χ2n) is 3.31. The molecule has 0 bridgehead atoms. The lowest BCUT2D eigenvalue weighted by Crippen LogP contribution is -2.34. The Morgan fingerprint density at radius 2 is 2.27 bits per heavy atom. The quantitative estimate of drug-likeness (QED) is 0.565. The van der Waals surface area contributed by atoms with Crippen molar-refractivity contribution in [2.24, 2.45) is 0 Å². The highest BCUT2D eigenvalue weighted by Gasteiger charge is 2.20. The molecule has 1 aliphatic heterocycles. The molecule has 0 aromatic heterocycles. The van der Waals surface area contributed by atoms with Crippen LogP contribution in [0.5, 0.6) is 0 Å². The monoisotopic (exact) mass is 155 g/mol. The average Bonchev–Trinajstić information content (AvgIpc) is 2.16. The van der Waals surface area contributed by atoms with Gasteiger partial charge in [-0.3, -0.25) is 4.79 Å². The van der Waals surface area contributed by atoms with Gasteiger partial charge in [0, 0.05) is 19.5 Å². The van der Waals surface area contributed by atoms with E-state index in [9.17, 15) is 4.79 Å². The highest BCUT2D eigenvalue weighted by molar-refractivity contribution is 5.76. The van der Waals surface area contributed by atoms with Crippen molar-refractivity contribution in [1.82, 2.24) is 4.90 Å². The largest absolute Gasteiger partial charge is 0.343 e. The number of amides is 1. The van der Waals surface area contributed by atoms with Gasteiger partial charge in [-0.2, -0.15) is 0 Å². The average molecular weight is 155 g/mol. The van der Waals surface area contributed by atoms with Gasteiger partial charge < -0.3 is 4.90 Å². The van der Waals surface area contributed by atoms with Gasteiger partial charge in [-0.05, 0) is 19.3 Å². The number of likely N-dealkylation sites (tertiary alicyclic amines) is 1. The minimum atomic E-state index is 0.328. The van der Waals surface area contributed by atoms with Gasteiger partial charge in [0.1, 0.15) is 0 Å². The van der Waals surface area contributed by atoms with Crippen LogP contribution in [-0.4, -0.2) is 23.9 Å². The first-order valence-electron chi connectivity index (χ1n) is 4.51. The Kier molecular flexibility index (Phi) is 2.92. The number of hydrogen-bond donors (Lipinski definition) is 0. The summed E-state index contributed by atoms with van der Waals surface area (Å²) in [5.41, 5.74) is 0. The highest BCUT2D eigenvalue weighted by Crippen LogP contribution is 2.17. The fourth-order valence-corrected chi connectivity index (χ4v) is 1.71. The van der Waals surface area contributed by atoms with E-state index in [0.29, 0.717) is 11.9 Å². The standard InChI is InChI=1S/C9H17NO/c1-3-8-6-4-5-7-9(11)10(8)2/h8H,3-7H2,1-2H3/t8-/m1/s1. The third kappa shape index (κ3) is 1.95. The van der Waals surface area contributed by atoms with E-state index in [1.54, 1.807) is 0 Å². The molecule has 1 atom stereocenters. The molecule has 1 rings (SSSR count). The first kappa shape index (κ1) is 8.57. The molecule has 11 heavy (non-hydrogen) atoms. The summed E-state index contributed by atoms with van der Waals surface area (Å²) in [6, 6.07) is 0.505. The van der Waals surface area contributed by atoms with Crippen LogP contribution in [0.25, 0.3) is 0 Å². The molecule has 1 saturated heterocycles. The zero-order valence-electron chi connectivity index (χ0n) is 7.47. The first-order chi connectivity index (χ1) is 5.25. The Labute approximate surface area is 68.6 Å². The van der Waals surface area contributed by atoms with E-state index in [0.717, 1.165) is 19.3 Å². The molecule has 2 nitrogen and oxygen atoms in total. The summed E-state index contributed by atoms with van der Waals surface area (Å²) < 4.78 is 0. The van der Waals surface area contributed by atoms with E-state index in [1.165, 1.54) is 12.8 Å². The lowest BCUT2D eigenvalue weighted by Gasteiger charge is -2.24. The summed E-state index contributed by atoms with van der Waals surface area (Å²) in [6.45, 7) is 2.15. The highest BCUT2D eigenvalue weighted by atomic mass is 16.2. The summed E-state index contributed by atoms with van der Waals surface area (Å²) in [4.78, 5) is 13.2. The van der Waals surface area contributed by atoms with Crippen molar-refractivity contribution in [3.63, 3.8) is 0 Å². The number of nitrogens with zero attached hydrogens (tertiary/aromatic N) is 1. The van der Waals surface area contributed by atoms with Gasteiger partial charge >= 0.3 is 0 Å². The molecule has 1 aliphatic rings. The molecule has 64 valence electrons.